The number of carbonyl (C=O) groups is 3. The highest BCUT2D eigenvalue weighted by Gasteiger charge is 2.22. The fraction of sp³-hybridized carbons (Fsp3) is 0.571. The Labute approximate surface area is 133 Å². The van der Waals surface area contributed by atoms with E-state index in [1.54, 1.807) is 33.8 Å². The molecule has 0 spiro atoms. The van der Waals surface area contributed by atoms with Gasteiger partial charge in [-0.25, -0.2) is 0 Å². The predicted octanol–water partition coefficient (Wildman–Crippen LogP) is 1.81. The van der Waals surface area contributed by atoms with Crippen LogP contribution < -0.4 is 5.32 Å². The molecule has 0 aliphatic carbocycles. The summed E-state index contributed by atoms with van der Waals surface area (Å²) in [6.07, 6.45) is 0. The van der Waals surface area contributed by atoms with Gasteiger partial charge in [-0.3, -0.25) is 14.4 Å². The van der Waals surface area contributed by atoms with Gasteiger partial charge in [0.25, 0.3) is 0 Å². The summed E-state index contributed by atoms with van der Waals surface area (Å²) < 4.78 is 9.68. The second kappa shape index (κ2) is 7.98. The summed E-state index contributed by atoms with van der Waals surface area (Å²) in [6.45, 7) is 6.75. The van der Waals surface area contributed by atoms with Crippen LogP contribution in [0.4, 0.5) is 5.82 Å². The summed E-state index contributed by atoms with van der Waals surface area (Å²) in [5.74, 6) is 0.0442. The third-order valence-corrected chi connectivity index (χ3v) is 3.46. The van der Waals surface area contributed by atoms with Crippen LogP contribution in [0, 0.1) is 12.3 Å². The van der Waals surface area contributed by atoms with Gasteiger partial charge in [0.15, 0.2) is 18.2 Å². The van der Waals surface area contributed by atoms with Gasteiger partial charge in [-0.05, 0) is 6.92 Å². The van der Waals surface area contributed by atoms with Gasteiger partial charge in [0, 0.05) is 11.5 Å². The number of nitrogens with one attached hydrogen (secondary N) is 1. The Bertz CT molecular complexity index is 548. The summed E-state index contributed by atoms with van der Waals surface area (Å²) in [6, 6.07) is 1.59. The Morgan fingerprint density at radius 1 is 1.32 bits per heavy atom. The van der Waals surface area contributed by atoms with Crippen LogP contribution in [-0.4, -0.2) is 40.9 Å². The minimum absolute atomic E-state index is 0.00266. The van der Waals surface area contributed by atoms with Crippen molar-refractivity contribution in [2.75, 3.05) is 23.4 Å². The highest BCUT2D eigenvalue weighted by atomic mass is 32.2. The Hall–Kier alpha value is -1.83. The van der Waals surface area contributed by atoms with E-state index >= 15 is 0 Å². The summed E-state index contributed by atoms with van der Waals surface area (Å²) in [4.78, 5) is 34.6. The van der Waals surface area contributed by atoms with Crippen LogP contribution in [0.3, 0.4) is 0 Å². The third kappa shape index (κ3) is 6.75. The summed E-state index contributed by atoms with van der Waals surface area (Å²) in [5, 5.41) is 6.16. The lowest BCUT2D eigenvalue weighted by Gasteiger charge is -2.16. The number of aryl methyl sites for hydroxylation is 1. The van der Waals surface area contributed by atoms with Gasteiger partial charge < -0.3 is 14.6 Å². The van der Waals surface area contributed by atoms with Crippen LogP contribution in [0.15, 0.2) is 10.6 Å². The van der Waals surface area contributed by atoms with Crippen molar-refractivity contribution in [1.29, 1.82) is 0 Å². The van der Waals surface area contributed by atoms with E-state index in [1.807, 2.05) is 0 Å². The normalized spacial score (nSPS) is 11.1. The molecule has 0 saturated heterocycles. The average molecular weight is 328 g/mol. The number of Topliss-reactive ketones (excluding diaryl/α,β-unsaturated/α-hetero) is 1. The molecule has 7 nitrogen and oxygen atoms in total. The minimum atomic E-state index is -0.539. The van der Waals surface area contributed by atoms with E-state index in [2.05, 4.69) is 10.5 Å². The van der Waals surface area contributed by atoms with Crippen molar-refractivity contribution >= 4 is 35.2 Å². The largest absolute Gasteiger partial charge is 0.457 e. The zero-order chi connectivity index (χ0) is 16.8. The number of rotatable bonds is 7. The first-order valence-corrected chi connectivity index (χ1v) is 7.84. The maximum Gasteiger partial charge on any atom is 0.316 e. The van der Waals surface area contributed by atoms with Crippen molar-refractivity contribution in [2.24, 2.45) is 5.41 Å². The van der Waals surface area contributed by atoms with E-state index in [0.717, 1.165) is 11.8 Å². The fourth-order valence-electron chi connectivity index (χ4n) is 1.24. The van der Waals surface area contributed by atoms with Crippen LogP contribution in [0.2, 0.25) is 0 Å². The molecule has 0 radical (unpaired) electrons. The summed E-state index contributed by atoms with van der Waals surface area (Å²) >= 11 is 1.10. The maximum absolute atomic E-state index is 11.6. The standard InChI is InChI=1S/C14H20N2O5S/c1-9-5-11(16-21-9)15-12(18)7-22-8-13(19)20-6-10(17)14(2,3)4/h5H,6-8H2,1-4H3,(H,15,16,18). The third-order valence-electron chi connectivity index (χ3n) is 2.55. The lowest BCUT2D eigenvalue weighted by Crippen LogP contribution is -2.27. The van der Waals surface area contributed by atoms with Crippen molar-refractivity contribution in [2.45, 2.75) is 27.7 Å². The molecule has 1 N–H and O–H groups in total. The number of amides is 1. The number of ketones is 1. The number of thioether (sulfide) groups is 1. The monoisotopic (exact) mass is 328 g/mol. The lowest BCUT2D eigenvalue weighted by atomic mass is 9.91. The van der Waals surface area contributed by atoms with Crippen LogP contribution in [-0.2, 0) is 19.1 Å². The number of nitrogens with zero attached hydrogens (tertiary/aromatic N) is 1. The molecule has 1 aromatic heterocycles. The van der Waals surface area contributed by atoms with E-state index < -0.39 is 11.4 Å². The molecule has 0 atom stereocenters. The zero-order valence-electron chi connectivity index (χ0n) is 13.1. The molecule has 0 saturated carbocycles. The number of hydrogen-bond donors (Lipinski definition) is 1. The highest BCUT2D eigenvalue weighted by Crippen LogP contribution is 2.14. The zero-order valence-corrected chi connectivity index (χ0v) is 13.9. The Balaban J connectivity index is 2.19. The van der Waals surface area contributed by atoms with Crippen molar-refractivity contribution in [3.8, 4) is 0 Å². The molecule has 22 heavy (non-hydrogen) atoms. The van der Waals surface area contributed by atoms with E-state index in [-0.39, 0.29) is 29.8 Å². The molecule has 0 aliphatic rings. The van der Waals surface area contributed by atoms with Gasteiger partial charge in [-0.1, -0.05) is 25.9 Å². The number of anilines is 1. The molecule has 0 unspecified atom stereocenters. The average Bonchev–Trinajstić information content (AvgIpc) is 2.80. The predicted molar refractivity (Wildman–Crippen MR) is 82.6 cm³/mol. The number of hydrogen-bond acceptors (Lipinski definition) is 7. The second-order valence-electron chi connectivity index (χ2n) is 5.70. The number of carbonyl (C=O) groups excluding carboxylic acids is 3. The number of esters is 1. The lowest BCUT2D eigenvalue weighted by molar-refractivity contribution is -0.147. The number of ether oxygens (including phenoxy) is 1. The molecule has 0 bridgehead atoms. The van der Waals surface area contributed by atoms with Crippen LogP contribution >= 0.6 is 11.8 Å². The molecule has 0 fully saturated rings. The summed E-state index contributed by atoms with van der Waals surface area (Å²) in [7, 11) is 0. The Morgan fingerprint density at radius 3 is 2.55 bits per heavy atom. The molecule has 0 aromatic carbocycles. The highest BCUT2D eigenvalue weighted by molar-refractivity contribution is 8.00. The molecule has 1 rings (SSSR count). The molecule has 1 heterocycles. The molecule has 1 aromatic rings. The topological polar surface area (TPSA) is 98.5 Å². The molecular weight excluding hydrogens is 308 g/mol. The molecule has 122 valence electrons. The first-order chi connectivity index (χ1) is 10.2. The SMILES string of the molecule is Cc1cc(NC(=O)CSCC(=O)OCC(=O)C(C)(C)C)no1. The van der Waals surface area contributed by atoms with Gasteiger partial charge in [0.05, 0.1) is 11.5 Å². The molecule has 1 amide bonds. The van der Waals surface area contributed by atoms with Crippen LogP contribution in [0.25, 0.3) is 0 Å². The molecule has 8 heteroatoms. The van der Waals surface area contributed by atoms with Crippen LogP contribution in [0.1, 0.15) is 26.5 Å². The van der Waals surface area contributed by atoms with Gasteiger partial charge in [0.1, 0.15) is 5.76 Å². The van der Waals surface area contributed by atoms with Crippen molar-refractivity contribution < 1.29 is 23.6 Å². The molecule has 0 aliphatic heterocycles. The first-order valence-electron chi connectivity index (χ1n) is 6.68. The maximum atomic E-state index is 11.6. The van der Waals surface area contributed by atoms with E-state index in [9.17, 15) is 14.4 Å². The minimum Gasteiger partial charge on any atom is -0.457 e. The van der Waals surface area contributed by atoms with Gasteiger partial charge in [0.2, 0.25) is 5.91 Å². The van der Waals surface area contributed by atoms with Crippen molar-refractivity contribution in [1.82, 2.24) is 5.16 Å². The fourth-order valence-corrected chi connectivity index (χ4v) is 1.85. The number of aromatic nitrogens is 1. The quantitative estimate of drug-likeness (QED) is 0.762. The summed E-state index contributed by atoms with van der Waals surface area (Å²) in [5.41, 5.74) is -0.539. The van der Waals surface area contributed by atoms with Gasteiger partial charge in [-0.2, -0.15) is 0 Å². The van der Waals surface area contributed by atoms with Gasteiger partial charge >= 0.3 is 5.97 Å². The first kappa shape index (κ1) is 18.2. The smallest absolute Gasteiger partial charge is 0.316 e. The van der Waals surface area contributed by atoms with Crippen molar-refractivity contribution in [3.63, 3.8) is 0 Å². The van der Waals surface area contributed by atoms with E-state index in [1.165, 1.54) is 0 Å². The molecular formula is C14H20N2O5S. The Kier molecular flexibility index (Phi) is 6.61. The van der Waals surface area contributed by atoms with E-state index in [4.69, 9.17) is 9.26 Å². The Morgan fingerprint density at radius 2 is 2.00 bits per heavy atom. The van der Waals surface area contributed by atoms with Crippen LogP contribution in [0.5, 0.6) is 0 Å². The van der Waals surface area contributed by atoms with Crippen molar-refractivity contribution in [3.05, 3.63) is 11.8 Å². The van der Waals surface area contributed by atoms with Gasteiger partial charge in [-0.15, -0.1) is 11.8 Å². The second-order valence-corrected chi connectivity index (χ2v) is 6.68. The van der Waals surface area contributed by atoms with E-state index in [0.29, 0.717) is 11.6 Å².